The van der Waals surface area contributed by atoms with Crippen LogP contribution in [0.4, 0.5) is 4.79 Å². The van der Waals surface area contributed by atoms with Crippen LogP contribution >= 0.6 is 0 Å². The van der Waals surface area contributed by atoms with E-state index in [0.29, 0.717) is 19.5 Å². The second-order valence-electron chi connectivity index (χ2n) is 5.46. The predicted molar refractivity (Wildman–Crippen MR) is 81.3 cm³/mol. The number of amides is 2. The first-order valence-corrected chi connectivity index (χ1v) is 7.23. The smallest absolute Gasteiger partial charge is 0.317 e. The summed E-state index contributed by atoms with van der Waals surface area (Å²) in [6.07, 6.45) is 2.26. The number of pyridine rings is 1. The molecule has 1 aromatic heterocycles. The quantitative estimate of drug-likeness (QED) is 0.906. The van der Waals surface area contributed by atoms with Crippen LogP contribution in [0.5, 0.6) is 0 Å². The number of nitrogens with zero attached hydrogens (tertiary/aromatic N) is 2. The van der Waals surface area contributed by atoms with E-state index in [9.17, 15) is 9.59 Å². The number of carbonyl (C=O) groups excluding carboxylic acids is 1. The second-order valence-corrected chi connectivity index (χ2v) is 5.46. The Bertz CT molecular complexity index is 717. The maximum absolute atomic E-state index is 12.1. The summed E-state index contributed by atoms with van der Waals surface area (Å²) >= 11 is 0. The minimum absolute atomic E-state index is 0.213. The van der Waals surface area contributed by atoms with Crippen molar-refractivity contribution in [3.05, 3.63) is 42.1 Å². The third-order valence-electron chi connectivity index (χ3n) is 3.94. The number of benzene rings is 1. The Morgan fingerprint density at radius 1 is 1.36 bits per heavy atom. The molecule has 0 radical (unpaired) electrons. The summed E-state index contributed by atoms with van der Waals surface area (Å²) in [5, 5.41) is 12.8. The first-order valence-electron chi connectivity index (χ1n) is 7.23. The number of aliphatic carboxylic acids is 1. The lowest BCUT2D eigenvalue weighted by molar-refractivity contribution is -0.141. The molecule has 2 aromatic rings. The van der Waals surface area contributed by atoms with Gasteiger partial charge in [-0.1, -0.05) is 12.1 Å². The van der Waals surface area contributed by atoms with Crippen molar-refractivity contribution in [2.24, 2.45) is 5.92 Å². The van der Waals surface area contributed by atoms with Gasteiger partial charge in [-0.25, -0.2) is 4.79 Å². The van der Waals surface area contributed by atoms with Crippen LogP contribution in [0, 0.1) is 5.92 Å². The molecule has 1 aromatic carbocycles. The van der Waals surface area contributed by atoms with Gasteiger partial charge in [0.1, 0.15) is 0 Å². The van der Waals surface area contributed by atoms with Crippen molar-refractivity contribution in [1.82, 2.24) is 15.2 Å². The van der Waals surface area contributed by atoms with E-state index in [-0.39, 0.29) is 12.6 Å². The van der Waals surface area contributed by atoms with Crippen LogP contribution in [0.3, 0.4) is 0 Å². The van der Waals surface area contributed by atoms with E-state index in [1.54, 1.807) is 11.1 Å². The predicted octanol–water partition coefficient (Wildman–Crippen LogP) is 1.85. The fraction of sp³-hybridized carbons (Fsp3) is 0.312. The van der Waals surface area contributed by atoms with Crippen LogP contribution in [-0.2, 0) is 11.3 Å². The molecule has 6 heteroatoms. The lowest BCUT2D eigenvalue weighted by Crippen LogP contribution is -2.38. The molecule has 1 unspecified atom stereocenters. The van der Waals surface area contributed by atoms with Crippen LogP contribution in [0.2, 0.25) is 0 Å². The summed E-state index contributed by atoms with van der Waals surface area (Å²) in [5.41, 5.74) is 1.91. The third-order valence-corrected chi connectivity index (χ3v) is 3.94. The summed E-state index contributed by atoms with van der Waals surface area (Å²) in [6.45, 7) is 1.19. The standard InChI is InChI=1S/C16H17N3O3/c20-15(21)13-5-7-19(10-13)16(22)18-9-11-3-4-14-12(8-11)2-1-6-17-14/h1-4,6,8,13H,5,7,9-10H2,(H,18,22)(H,20,21). The van der Waals surface area contributed by atoms with Crippen LogP contribution < -0.4 is 5.32 Å². The van der Waals surface area contributed by atoms with Gasteiger partial charge >= 0.3 is 12.0 Å². The number of rotatable bonds is 3. The van der Waals surface area contributed by atoms with Crippen molar-refractivity contribution < 1.29 is 14.7 Å². The molecular formula is C16H17N3O3. The number of hydrogen-bond acceptors (Lipinski definition) is 3. The molecule has 2 amide bonds. The molecule has 2 heterocycles. The van der Waals surface area contributed by atoms with E-state index in [2.05, 4.69) is 10.3 Å². The molecule has 1 saturated heterocycles. The Labute approximate surface area is 127 Å². The highest BCUT2D eigenvalue weighted by atomic mass is 16.4. The number of urea groups is 1. The van der Waals surface area contributed by atoms with Crippen molar-refractivity contribution in [2.45, 2.75) is 13.0 Å². The summed E-state index contributed by atoms with van der Waals surface area (Å²) < 4.78 is 0. The van der Waals surface area contributed by atoms with Crippen molar-refractivity contribution >= 4 is 22.9 Å². The lowest BCUT2D eigenvalue weighted by atomic mass is 10.1. The summed E-state index contributed by atoms with van der Waals surface area (Å²) in [4.78, 5) is 28.8. The molecule has 1 fully saturated rings. The molecular weight excluding hydrogens is 282 g/mol. The van der Waals surface area contributed by atoms with Gasteiger partial charge in [-0.05, 0) is 30.2 Å². The SMILES string of the molecule is O=C(O)C1CCN(C(=O)NCc2ccc3ncccc3c2)C1. The van der Waals surface area contributed by atoms with Gasteiger partial charge in [0.25, 0.3) is 0 Å². The van der Waals surface area contributed by atoms with E-state index in [4.69, 9.17) is 5.11 Å². The fourth-order valence-electron chi connectivity index (χ4n) is 2.67. The molecule has 0 spiro atoms. The highest BCUT2D eigenvalue weighted by molar-refractivity contribution is 5.80. The molecule has 1 atom stereocenters. The van der Waals surface area contributed by atoms with Gasteiger partial charge in [-0.15, -0.1) is 0 Å². The Hall–Kier alpha value is -2.63. The topological polar surface area (TPSA) is 82.5 Å². The maximum Gasteiger partial charge on any atom is 0.317 e. The van der Waals surface area contributed by atoms with Gasteiger partial charge in [0.2, 0.25) is 0 Å². The normalized spacial score (nSPS) is 17.6. The maximum atomic E-state index is 12.1. The van der Waals surface area contributed by atoms with Crippen LogP contribution in [0.1, 0.15) is 12.0 Å². The minimum atomic E-state index is -0.836. The second kappa shape index (κ2) is 6.01. The zero-order chi connectivity index (χ0) is 15.5. The van der Waals surface area contributed by atoms with E-state index < -0.39 is 11.9 Å². The molecule has 1 aliphatic rings. The van der Waals surface area contributed by atoms with Crippen molar-refractivity contribution in [3.8, 4) is 0 Å². The molecule has 0 saturated carbocycles. The molecule has 0 aliphatic carbocycles. The van der Waals surface area contributed by atoms with Gasteiger partial charge in [0.05, 0.1) is 11.4 Å². The van der Waals surface area contributed by atoms with Gasteiger partial charge in [0, 0.05) is 31.2 Å². The number of carboxylic acid groups (broad SMARTS) is 1. The Morgan fingerprint density at radius 2 is 2.23 bits per heavy atom. The van der Waals surface area contributed by atoms with Gasteiger partial charge in [0.15, 0.2) is 0 Å². The third kappa shape index (κ3) is 3.00. The Kier molecular flexibility index (Phi) is 3.91. The number of nitrogens with one attached hydrogen (secondary N) is 1. The summed E-state index contributed by atoms with van der Waals surface area (Å²) in [5.74, 6) is -1.28. The summed E-state index contributed by atoms with van der Waals surface area (Å²) in [7, 11) is 0. The molecule has 114 valence electrons. The zero-order valence-electron chi connectivity index (χ0n) is 12.0. The average molecular weight is 299 g/mol. The first-order chi connectivity index (χ1) is 10.6. The van der Waals surface area contributed by atoms with Gasteiger partial charge in [-0.3, -0.25) is 9.78 Å². The first kappa shape index (κ1) is 14.3. The van der Waals surface area contributed by atoms with E-state index in [0.717, 1.165) is 16.5 Å². The van der Waals surface area contributed by atoms with Crippen LogP contribution in [0.15, 0.2) is 36.5 Å². The Balaban J connectivity index is 1.59. The minimum Gasteiger partial charge on any atom is -0.481 e. The largest absolute Gasteiger partial charge is 0.481 e. The zero-order valence-corrected chi connectivity index (χ0v) is 12.0. The number of hydrogen-bond donors (Lipinski definition) is 2. The Morgan fingerprint density at radius 3 is 3.00 bits per heavy atom. The molecule has 1 aliphatic heterocycles. The number of carboxylic acids is 1. The van der Waals surface area contributed by atoms with Crippen LogP contribution in [-0.4, -0.2) is 40.1 Å². The number of fused-ring (bicyclic) bond motifs is 1. The van der Waals surface area contributed by atoms with E-state index in [1.165, 1.54) is 0 Å². The fourth-order valence-corrected chi connectivity index (χ4v) is 2.67. The van der Waals surface area contributed by atoms with Crippen LogP contribution in [0.25, 0.3) is 10.9 Å². The van der Waals surface area contributed by atoms with Crippen molar-refractivity contribution in [1.29, 1.82) is 0 Å². The number of likely N-dealkylation sites (tertiary alicyclic amines) is 1. The molecule has 3 rings (SSSR count). The monoisotopic (exact) mass is 299 g/mol. The average Bonchev–Trinajstić information content (AvgIpc) is 3.03. The molecule has 2 N–H and O–H groups in total. The molecule has 6 nitrogen and oxygen atoms in total. The molecule has 0 bridgehead atoms. The summed E-state index contributed by atoms with van der Waals surface area (Å²) in [6, 6.07) is 9.49. The highest BCUT2D eigenvalue weighted by Crippen LogP contribution is 2.17. The molecule has 22 heavy (non-hydrogen) atoms. The van der Waals surface area contributed by atoms with E-state index in [1.807, 2.05) is 30.3 Å². The van der Waals surface area contributed by atoms with Crippen molar-refractivity contribution in [2.75, 3.05) is 13.1 Å². The van der Waals surface area contributed by atoms with Crippen molar-refractivity contribution in [3.63, 3.8) is 0 Å². The number of carbonyl (C=O) groups is 2. The van der Waals surface area contributed by atoms with Gasteiger partial charge < -0.3 is 15.3 Å². The number of aromatic nitrogens is 1. The highest BCUT2D eigenvalue weighted by Gasteiger charge is 2.30. The van der Waals surface area contributed by atoms with E-state index >= 15 is 0 Å². The lowest BCUT2D eigenvalue weighted by Gasteiger charge is -2.16. The van der Waals surface area contributed by atoms with Gasteiger partial charge in [-0.2, -0.15) is 0 Å².